The zero-order valence-electron chi connectivity index (χ0n) is 22.2. The summed E-state index contributed by atoms with van der Waals surface area (Å²) in [6, 6.07) is 5.70. The molecule has 0 unspecified atom stereocenters. The van der Waals surface area contributed by atoms with Crippen LogP contribution in [0.4, 0.5) is 5.69 Å². The van der Waals surface area contributed by atoms with Gasteiger partial charge < -0.3 is 15.5 Å². The van der Waals surface area contributed by atoms with Gasteiger partial charge in [0.2, 0.25) is 17.7 Å². The van der Waals surface area contributed by atoms with Crippen molar-refractivity contribution in [1.82, 2.24) is 15.1 Å². The number of nitrogens with one attached hydrogen (secondary N) is 2. The predicted molar refractivity (Wildman–Crippen MR) is 137 cm³/mol. The number of carbonyl (C=O) groups is 4. The van der Waals surface area contributed by atoms with Crippen molar-refractivity contribution in [2.45, 2.75) is 78.0 Å². The SMILES string of the molecule is [C-]#[N+][C@@H]1C[C@@]2(CN1C(=O)[C@H](CC(C)(C)C)N(C)C(=O)[C@H](C)NC(=O)C(C)C)C(=O)Nc1ccccc12. The average Bonchev–Trinajstić information content (AvgIpc) is 3.33. The van der Waals surface area contributed by atoms with E-state index in [1.807, 2.05) is 45.0 Å². The third-order valence-corrected chi connectivity index (χ3v) is 7.05. The van der Waals surface area contributed by atoms with E-state index in [2.05, 4.69) is 15.5 Å². The fourth-order valence-corrected chi connectivity index (χ4v) is 5.02. The number of likely N-dealkylation sites (N-methyl/N-ethyl adjacent to an activating group) is 1. The Morgan fingerprint density at radius 1 is 1.25 bits per heavy atom. The van der Waals surface area contributed by atoms with Crippen molar-refractivity contribution in [1.29, 1.82) is 0 Å². The van der Waals surface area contributed by atoms with E-state index >= 15 is 0 Å². The van der Waals surface area contributed by atoms with Gasteiger partial charge in [-0.2, -0.15) is 0 Å². The van der Waals surface area contributed by atoms with E-state index in [-0.39, 0.29) is 47.9 Å². The summed E-state index contributed by atoms with van der Waals surface area (Å²) in [5.41, 5.74) is 0.200. The Labute approximate surface area is 213 Å². The first-order chi connectivity index (χ1) is 16.7. The second-order valence-corrected chi connectivity index (χ2v) is 11.5. The van der Waals surface area contributed by atoms with Crippen molar-refractivity contribution in [2.75, 3.05) is 18.9 Å². The van der Waals surface area contributed by atoms with Crippen LogP contribution in [0.15, 0.2) is 24.3 Å². The van der Waals surface area contributed by atoms with Crippen molar-refractivity contribution in [2.24, 2.45) is 11.3 Å². The van der Waals surface area contributed by atoms with Crippen LogP contribution in [-0.2, 0) is 24.6 Å². The number of amides is 4. The van der Waals surface area contributed by atoms with Crippen LogP contribution in [-0.4, -0.2) is 65.3 Å². The highest BCUT2D eigenvalue weighted by Crippen LogP contribution is 2.47. The van der Waals surface area contributed by atoms with Gasteiger partial charge in [0, 0.05) is 25.2 Å². The zero-order valence-corrected chi connectivity index (χ0v) is 22.2. The first-order valence-corrected chi connectivity index (χ1v) is 12.4. The summed E-state index contributed by atoms with van der Waals surface area (Å²) in [7, 11) is 1.56. The van der Waals surface area contributed by atoms with Crippen molar-refractivity contribution < 1.29 is 19.2 Å². The number of nitrogens with zero attached hydrogens (tertiary/aromatic N) is 3. The highest BCUT2D eigenvalue weighted by atomic mass is 16.2. The monoisotopic (exact) mass is 495 g/mol. The average molecular weight is 496 g/mol. The number of likely N-dealkylation sites (tertiary alicyclic amines) is 1. The Bertz CT molecular complexity index is 1100. The Morgan fingerprint density at radius 2 is 1.89 bits per heavy atom. The maximum Gasteiger partial charge on any atom is 0.302 e. The molecule has 1 fully saturated rings. The summed E-state index contributed by atoms with van der Waals surface area (Å²) in [5.74, 6) is -1.49. The summed E-state index contributed by atoms with van der Waals surface area (Å²) < 4.78 is 0. The van der Waals surface area contributed by atoms with Crippen LogP contribution >= 0.6 is 0 Å². The van der Waals surface area contributed by atoms with Gasteiger partial charge in [-0.1, -0.05) is 52.8 Å². The van der Waals surface area contributed by atoms with E-state index in [4.69, 9.17) is 6.57 Å². The molecule has 0 radical (unpaired) electrons. The molecule has 0 saturated carbocycles. The van der Waals surface area contributed by atoms with Crippen molar-refractivity contribution in [3.05, 3.63) is 41.2 Å². The molecule has 9 heteroatoms. The van der Waals surface area contributed by atoms with Gasteiger partial charge in [0.15, 0.2) is 0 Å². The van der Waals surface area contributed by atoms with Crippen LogP contribution < -0.4 is 10.6 Å². The lowest BCUT2D eigenvalue weighted by Gasteiger charge is -2.36. The normalized spacial score (nSPS) is 22.6. The van der Waals surface area contributed by atoms with Gasteiger partial charge in [0.1, 0.15) is 17.5 Å². The summed E-state index contributed by atoms with van der Waals surface area (Å²) in [6.45, 7) is 18.9. The smallest absolute Gasteiger partial charge is 0.302 e. The van der Waals surface area contributed by atoms with E-state index in [9.17, 15) is 19.2 Å². The standard InChI is InChI=1S/C27H37N5O4/c1-16(2)22(33)29-17(3)23(34)31(8)20(13-26(4,5)6)24(35)32-15-27(14-21(32)28-7)18-11-9-10-12-19(18)30-25(27)36/h9-12,16-17,20-21H,13-15H2,1-6,8H3,(H,29,33)(H,30,36)/t17-,20-,21-,27-/m0/s1. The van der Waals surface area contributed by atoms with Crippen molar-refractivity contribution in [3.8, 4) is 0 Å². The quantitative estimate of drug-likeness (QED) is 0.593. The molecule has 1 spiro atoms. The van der Waals surface area contributed by atoms with E-state index in [0.29, 0.717) is 12.1 Å². The minimum Gasteiger partial charge on any atom is -0.344 e. The van der Waals surface area contributed by atoms with Crippen molar-refractivity contribution >= 4 is 29.3 Å². The minimum atomic E-state index is -0.991. The molecule has 1 saturated heterocycles. The number of rotatable bonds is 6. The highest BCUT2D eigenvalue weighted by Gasteiger charge is 2.59. The second kappa shape index (κ2) is 9.92. The number of fused-ring (bicyclic) bond motifs is 2. The summed E-state index contributed by atoms with van der Waals surface area (Å²) in [6.07, 6.45) is -0.264. The predicted octanol–water partition coefficient (Wildman–Crippen LogP) is 2.78. The largest absolute Gasteiger partial charge is 0.344 e. The number of hydrogen-bond donors (Lipinski definition) is 2. The van der Waals surface area contributed by atoms with Gasteiger partial charge in [0.05, 0.1) is 6.42 Å². The maximum atomic E-state index is 14.0. The topological polar surface area (TPSA) is 103 Å². The maximum absolute atomic E-state index is 14.0. The third-order valence-electron chi connectivity index (χ3n) is 7.05. The Balaban J connectivity index is 1.91. The molecule has 0 aliphatic carbocycles. The van der Waals surface area contributed by atoms with Gasteiger partial charge in [0.25, 0.3) is 5.91 Å². The molecule has 1 aromatic rings. The molecule has 1 aromatic carbocycles. The fraction of sp³-hybridized carbons (Fsp3) is 0.593. The molecule has 2 aliphatic rings. The Hall–Kier alpha value is -3.41. The number of anilines is 1. The Kier molecular flexibility index (Phi) is 7.49. The van der Waals surface area contributed by atoms with Crippen LogP contribution in [0.25, 0.3) is 4.85 Å². The lowest BCUT2D eigenvalue weighted by atomic mass is 9.80. The number of hydrogen-bond acceptors (Lipinski definition) is 4. The molecule has 2 heterocycles. The lowest BCUT2D eigenvalue weighted by Crippen LogP contribution is -2.56. The van der Waals surface area contributed by atoms with Crippen molar-refractivity contribution in [3.63, 3.8) is 0 Å². The van der Waals surface area contributed by atoms with Gasteiger partial charge in [-0.25, -0.2) is 6.57 Å². The van der Waals surface area contributed by atoms with Crippen LogP contribution in [0.5, 0.6) is 0 Å². The molecular formula is C27H37N5O4. The van der Waals surface area contributed by atoms with E-state index < -0.39 is 23.7 Å². The van der Waals surface area contributed by atoms with Gasteiger partial charge in [-0.3, -0.25) is 28.9 Å². The number of para-hydroxylation sites is 1. The molecule has 2 N–H and O–H groups in total. The summed E-state index contributed by atoms with van der Waals surface area (Å²) >= 11 is 0. The van der Waals surface area contributed by atoms with E-state index in [0.717, 1.165) is 5.56 Å². The van der Waals surface area contributed by atoms with E-state index in [1.165, 1.54) is 9.80 Å². The first kappa shape index (κ1) is 27.2. The molecule has 3 rings (SSSR count). The zero-order chi connectivity index (χ0) is 27.0. The van der Waals surface area contributed by atoms with Crippen LogP contribution in [0.3, 0.4) is 0 Å². The highest BCUT2D eigenvalue weighted by molar-refractivity contribution is 6.07. The van der Waals surface area contributed by atoms with Crippen LogP contribution in [0.1, 0.15) is 59.9 Å². The molecule has 9 nitrogen and oxygen atoms in total. The molecule has 36 heavy (non-hydrogen) atoms. The van der Waals surface area contributed by atoms with Gasteiger partial charge >= 0.3 is 6.17 Å². The molecular weight excluding hydrogens is 458 g/mol. The minimum absolute atomic E-state index is 0.0735. The summed E-state index contributed by atoms with van der Waals surface area (Å²) in [4.78, 5) is 59.1. The molecule has 0 aromatic heterocycles. The lowest BCUT2D eigenvalue weighted by molar-refractivity contribution is -0.147. The van der Waals surface area contributed by atoms with Crippen LogP contribution in [0, 0.1) is 17.9 Å². The molecule has 0 bridgehead atoms. The van der Waals surface area contributed by atoms with Crippen LogP contribution in [0.2, 0.25) is 0 Å². The second-order valence-electron chi connectivity index (χ2n) is 11.5. The Morgan fingerprint density at radius 3 is 2.47 bits per heavy atom. The first-order valence-electron chi connectivity index (χ1n) is 12.4. The third kappa shape index (κ3) is 5.08. The molecule has 4 atom stereocenters. The summed E-state index contributed by atoms with van der Waals surface area (Å²) in [5, 5.41) is 5.61. The van der Waals surface area contributed by atoms with E-state index in [1.54, 1.807) is 27.8 Å². The van der Waals surface area contributed by atoms with Gasteiger partial charge in [-0.15, -0.1) is 0 Å². The van der Waals surface area contributed by atoms with Gasteiger partial charge in [-0.05, 0) is 30.4 Å². The fourth-order valence-electron chi connectivity index (χ4n) is 5.02. The molecule has 4 amide bonds. The molecule has 194 valence electrons. The number of benzene rings is 1. The molecule has 2 aliphatic heterocycles. The number of carbonyl (C=O) groups excluding carboxylic acids is 4.